The Bertz CT molecular complexity index is 922. The summed E-state index contributed by atoms with van der Waals surface area (Å²) in [5.74, 6) is -0.276. The van der Waals surface area contributed by atoms with Crippen LogP contribution in [0.3, 0.4) is 0 Å². The minimum Gasteiger partial charge on any atom is -0.338 e. The third kappa shape index (κ3) is 3.16. The first-order chi connectivity index (χ1) is 12.2. The molecular formula is C17H15N5O2S. The van der Waals surface area contributed by atoms with Gasteiger partial charge in [0.25, 0.3) is 5.91 Å². The van der Waals surface area contributed by atoms with Crippen LogP contribution in [0, 0.1) is 0 Å². The molecule has 2 N–H and O–H groups in total. The molecule has 0 atom stereocenters. The van der Waals surface area contributed by atoms with Crippen LogP contribution in [-0.2, 0) is 0 Å². The van der Waals surface area contributed by atoms with Crippen molar-refractivity contribution in [2.45, 2.75) is 6.42 Å². The number of fused-ring (bicyclic) bond motifs is 1. The van der Waals surface area contributed by atoms with Crippen LogP contribution in [0.4, 0.5) is 16.2 Å². The van der Waals surface area contributed by atoms with E-state index >= 15 is 0 Å². The van der Waals surface area contributed by atoms with Crippen molar-refractivity contribution in [2.24, 2.45) is 0 Å². The van der Waals surface area contributed by atoms with E-state index in [1.807, 2.05) is 18.2 Å². The van der Waals surface area contributed by atoms with E-state index in [1.54, 1.807) is 29.4 Å². The van der Waals surface area contributed by atoms with E-state index in [9.17, 15) is 9.59 Å². The third-order valence-corrected chi connectivity index (χ3v) is 4.91. The minimum absolute atomic E-state index is 0.117. The lowest BCUT2D eigenvalue weighted by Gasteiger charge is -2.27. The molecule has 0 saturated carbocycles. The molecule has 126 valence electrons. The minimum atomic E-state index is -0.276. The molecule has 1 aromatic carbocycles. The Hall–Kier alpha value is -3.00. The van der Waals surface area contributed by atoms with Crippen LogP contribution in [0.1, 0.15) is 16.2 Å². The number of carbonyl (C=O) groups excluding carboxylic acids is 2. The molecule has 0 aliphatic carbocycles. The summed E-state index contributed by atoms with van der Waals surface area (Å²) in [5.41, 5.74) is 2.08. The molecule has 3 aromatic rings. The lowest BCUT2D eigenvalue weighted by Crippen LogP contribution is -2.46. The van der Waals surface area contributed by atoms with E-state index in [4.69, 9.17) is 0 Å². The van der Waals surface area contributed by atoms with Crippen LogP contribution in [0.5, 0.6) is 0 Å². The number of pyridine rings is 1. The van der Waals surface area contributed by atoms with Gasteiger partial charge in [-0.25, -0.2) is 9.78 Å². The van der Waals surface area contributed by atoms with E-state index in [0.717, 1.165) is 16.8 Å². The molecule has 2 aromatic heterocycles. The van der Waals surface area contributed by atoms with Gasteiger partial charge < -0.3 is 10.6 Å². The molecule has 4 rings (SSSR count). The van der Waals surface area contributed by atoms with Crippen LogP contribution in [0.25, 0.3) is 10.2 Å². The second-order valence-electron chi connectivity index (χ2n) is 5.60. The standard InChI is InChI=1S/C17H15N5O2S/c23-15(16-21-13-10-18-7-5-14(13)25-16)20-11-3-1-4-12(9-11)22-8-2-6-19-17(22)24/h1,3-5,7,9-10H,2,6,8H2,(H,19,24)(H,20,23). The van der Waals surface area contributed by atoms with Crippen molar-refractivity contribution in [1.29, 1.82) is 0 Å². The van der Waals surface area contributed by atoms with Gasteiger partial charge in [-0.2, -0.15) is 0 Å². The van der Waals surface area contributed by atoms with Crippen LogP contribution in [-0.4, -0.2) is 35.0 Å². The van der Waals surface area contributed by atoms with Gasteiger partial charge in [-0.05, 0) is 30.7 Å². The summed E-state index contributed by atoms with van der Waals surface area (Å²) in [5, 5.41) is 6.04. The zero-order valence-electron chi connectivity index (χ0n) is 13.2. The Morgan fingerprint density at radius 3 is 3.08 bits per heavy atom. The van der Waals surface area contributed by atoms with Crippen molar-refractivity contribution < 1.29 is 9.59 Å². The van der Waals surface area contributed by atoms with Crippen molar-refractivity contribution >= 4 is 44.9 Å². The Balaban J connectivity index is 1.55. The Morgan fingerprint density at radius 1 is 1.32 bits per heavy atom. The zero-order chi connectivity index (χ0) is 17.2. The van der Waals surface area contributed by atoms with Crippen LogP contribution in [0.15, 0.2) is 42.7 Å². The first kappa shape index (κ1) is 15.5. The van der Waals surface area contributed by atoms with E-state index < -0.39 is 0 Å². The Kier molecular flexibility index (Phi) is 4.02. The van der Waals surface area contributed by atoms with E-state index in [1.165, 1.54) is 11.3 Å². The lowest BCUT2D eigenvalue weighted by atomic mass is 10.2. The van der Waals surface area contributed by atoms with Crippen molar-refractivity contribution in [3.63, 3.8) is 0 Å². The quantitative estimate of drug-likeness (QED) is 0.758. The summed E-state index contributed by atoms with van der Waals surface area (Å²) < 4.78 is 0.916. The highest BCUT2D eigenvalue weighted by Crippen LogP contribution is 2.24. The average molecular weight is 353 g/mol. The second-order valence-corrected chi connectivity index (χ2v) is 6.63. The first-order valence-corrected chi connectivity index (χ1v) is 8.70. The topological polar surface area (TPSA) is 87.2 Å². The smallest absolute Gasteiger partial charge is 0.321 e. The van der Waals surface area contributed by atoms with Gasteiger partial charge in [0.1, 0.15) is 5.52 Å². The maximum absolute atomic E-state index is 12.5. The molecular weight excluding hydrogens is 338 g/mol. The molecule has 0 unspecified atom stereocenters. The van der Waals surface area contributed by atoms with Gasteiger partial charge in [-0.15, -0.1) is 11.3 Å². The predicted octanol–water partition coefficient (Wildman–Crippen LogP) is 2.86. The number of rotatable bonds is 3. The average Bonchev–Trinajstić information content (AvgIpc) is 3.07. The van der Waals surface area contributed by atoms with Gasteiger partial charge >= 0.3 is 6.03 Å². The number of hydrogen-bond acceptors (Lipinski definition) is 5. The van der Waals surface area contributed by atoms with Crippen molar-refractivity contribution in [3.05, 3.63) is 47.7 Å². The summed E-state index contributed by atoms with van der Waals surface area (Å²) in [6.07, 6.45) is 4.20. The van der Waals surface area contributed by atoms with Crippen molar-refractivity contribution in [3.8, 4) is 0 Å². The predicted molar refractivity (Wildman–Crippen MR) is 97.2 cm³/mol. The molecule has 8 heteroatoms. The number of anilines is 2. The molecule has 0 radical (unpaired) electrons. The molecule has 1 saturated heterocycles. The summed E-state index contributed by atoms with van der Waals surface area (Å²) in [6.45, 7) is 1.35. The summed E-state index contributed by atoms with van der Waals surface area (Å²) in [4.78, 5) is 34.4. The Morgan fingerprint density at radius 2 is 2.24 bits per heavy atom. The maximum atomic E-state index is 12.5. The zero-order valence-corrected chi connectivity index (χ0v) is 14.0. The van der Waals surface area contributed by atoms with Crippen molar-refractivity contribution in [2.75, 3.05) is 23.3 Å². The largest absolute Gasteiger partial charge is 0.338 e. The third-order valence-electron chi connectivity index (χ3n) is 3.88. The van der Waals surface area contributed by atoms with Crippen LogP contribution < -0.4 is 15.5 Å². The van der Waals surface area contributed by atoms with E-state index in [-0.39, 0.29) is 11.9 Å². The van der Waals surface area contributed by atoms with Gasteiger partial charge in [0.15, 0.2) is 5.01 Å². The number of nitrogens with one attached hydrogen (secondary N) is 2. The number of carbonyl (C=O) groups is 2. The van der Waals surface area contributed by atoms with Gasteiger partial charge in [-0.3, -0.25) is 14.7 Å². The monoisotopic (exact) mass is 353 g/mol. The van der Waals surface area contributed by atoms with Gasteiger partial charge in [0.05, 0.1) is 10.9 Å². The number of benzene rings is 1. The normalized spacial score (nSPS) is 14.4. The SMILES string of the molecule is O=C(Nc1cccc(N2CCCNC2=O)c1)c1nc2cnccc2s1. The molecule has 1 aliphatic heterocycles. The maximum Gasteiger partial charge on any atom is 0.321 e. The fourth-order valence-corrected chi connectivity index (χ4v) is 3.52. The highest BCUT2D eigenvalue weighted by Gasteiger charge is 2.19. The number of urea groups is 1. The molecule has 1 fully saturated rings. The van der Waals surface area contributed by atoms with Gasteiger partial charge in [0.2, 0.25) is 0 Å². The summed E-state index contributed by atoms with van der Waals surface area (Å²) in [6, 6.07) is 8.96. The number of nitrogens with zero attached hydrogens (tertiary/aromatic N) is 3. The first-order valence-electron chi connectivity index (χ1n) is 7.88. The van der Waals surface area contributed by atoms with Crippen molar-refractivity contribution in [1.82, 2.24) is 15.3 Å². The molecule has 7 nitrogen and oxygen atoms in total. The fraction of sp³-hybridized carbons (Fsp3) is 0.176. The number of amides is 3. The van der Waals surface area contributed by atoms with E-state index in [2.05, 4.69) is 20.6 Å². The second kappa shape index (κ2) is 6.48. The lowest BCUT2D eigenvalue weighted by molar-refractivity contribution is 0.102. The molecule has 25 heavy (non-hydrogen) atoms. The number of aromatic nitrogens is 2. The van der Waals surface area contributed by atoms with E-state index in [0.29, 0.717) is 29.3 Å². The molecule has 3 amide bonds. The van der Waals surface area contributed by atoms with Gasteiger partial charge in [-0.1, -0.05) is 6.07 Å². The summed E-state index contributed by atoms with van der Waals surface area (Å²) in [7, 11) is 0. The van der Waals surface area contributed by atoms with Crippen LogP contribution in [0.2, 0.25) is 0 Å². The highest BCUT2D eigenvalue weighted by atomic mass is 32.1. The summed E-state index contributed by atoms with van der Waals surface area (Å²) >= 11 is 1.32. The Labute approximate surface area is 147 Å². The molecule has 0 spiro atoms. The van der Waals surface area contributed by atoms with Crippen LogP contribution >= 0.6 is 11.3 Å². The molecule has 3 heterocycles. The number of hydrogen-bond donors (Lipinski definition) is 2. The highest BCUT2D eigenvalue weighted by molar-refractivity contribution is 7.20. The fourth-order valence-electron chi connectivity index (χ4n) is 2.69. The molecule has 0 bridgehead atoms. The van der Waals surface area contributed by atoms with Gasteiger partial charge in [0, 0.05) is 30.7 Å². The number of thiazole rings is 1. The molecule has 1 aliphatic rings.